The average molecular weight is 443 g/mol. The van der Waals surface area contributed by atoms with Crippen molar-refractivity contribution < 1.29 is 22.3 Å². The zero-order chi connectivity index (χ0) is 22.6. The van der Waals surface area contributed by atoms with Crippen molar-refractivity contribution in [2.75, 3.05) is 23.3 Å². The molecule has 0 atom stereocenters. The van der Waals surface area contributed by atoms with Crippen molar-refractivity contribution in [1.82, 2.24) is 0 Å². The van der Waals surface area contributed by atoms with Crippen LogP contribution in [0.25, 0.3) is 0 Å². The predicted molar refractivity (Wildman–Crippen MR) is 119 cm³/mol. The van der Waals surface area contributed by atoms with E-state index in [1.807, 2.05) is 13.0 Å². The summed E-state index contributed by atoms with van der Waals surface area (Å²) in [5.41, 5.74) is 1.33. The molecule has 0 saturated carbocycles. The lowest BCUT2D eigenvalue weighted by atomic mass is 10.1. The third-order valence-electron chi connectivity index (χ3n) is 4.71. The van der Waals surface area contributed by atoms with Crippen molar-refractivity contribution in [3.05, 3.63) is 83.7 Å². The van der Waals surface area contributed by atoms with Crippen LogP contribution in [-0.2, 0) is 10.0 Å². The van der Waals surface area contributed by atoms with Gasteiger partial charge >= 0.3 is 0 Å². The number of anilines is 2. The normalized spacial score (nSPS) is 11.1. The Balaban J connectivity index is 1.98. The van der Waals surface area contributed by atoms with Gasteiger partial charge in [0.25, 0.3) is 15.9 Å². The largest absolute Gasteiger partial charge is 0.495 e. The zero-order valence-corrected chi connectivity index (χ0v) is 18.2. The van der Waals surface area contributed by atoms with Crippen LogP contribution in [0.5, 0.6) is 5.75 Å². The van der Waals surface area contributed by atoms with Crippen LogP contribution in [-0.4, -0.2) is 28.0 Å². The lowest BCUT2D eigenvalue weighted by Crippen LogP contribution is -2.31. The molecule has 8 heteroatoms. The van der Waals surface area contributed by atoms with Crippen molar-refractivity contribution in [3.8, 4) is 5.75 Å². The van der Waals surface area contributed by atoms with E-state index < -0.39 is 21.7 Å². The summed E-state index contributed by atoms with van der Waals surface area (Å²) in [5.74, 6) is -1.20. The summed E-state index contributed by atoms with van der Waals surface area (Å²) in [7, 11) is -2.55. The van der Waals surface area contributed by atoms with Crippen LogP contribution in [0.4, 0.5) is 15.8 Å². The minimum Gasteiger partial charge on any atom is -0.495 e. The second-order valence-electron chi connectivity index (χ2n) is 6.80. The van der Waals surface area contributed by atoms with Crippen LogP contribution in [0.3, 0.4) is 0 Å². The number of sulfonamides is 1. The Morgan fingerprint density at radius 1 is 1.06 bits per heavy atom. The molecule has 0 unspecified atom stereocenters. The van der Waals surface area contributed by atoms with Gasteiger partial charge in [-0.3, -0.25) is 9.10 Å². The molecule has 0 spiro atoms. The van der Waals surface area contributed by atoms with Crippen LogP contribution in [0.2, 0.25) is 0 Å². The van der Waals surface area contributed by atoms with E-state index in [2.05, 4.69) is 5.32 Å². The van der Waals surface area contributed by atoms with E-state index in [9.17, 15) is 17.6 Å². The van der Waals surface area contributed by atoms with E-state index in [0.717, 1.165) is 23.8 Å². The van der Waals surface area contributed by atoms with Crippen LogP contribution >= 0.6 is 0 Å². The number of methoxy groups -OCH3 is 1. The van der Waals surface area contributed by atoms with Gasteiger partial charge in [-0.2, -0.15) is 0 Å². The first kappa shape index (κ1) is 22.3. The molecule has 162 valence electrons. The van der Waals surface area contributed by atoms with Crippen molar-refractivity contribution in [2.24, 2.45) is 0 Å². The number of rotatable bonds is 7. The van der Waals surface area contributed by atoms with Gasteiger partial charge < -0.3 is 10.1 Å². The maximum atomic E-state index is 14.5. The van der Waals surface area contributed by atoms with Gasteiger partial charge in [0, 0.05) is 6.54 Å². The van der Waals surface area contributed by atoms with Gasteiger partial charge in [-0.25, -0.2) is 12.8 Å². The number of ether oxygens (including phenoxy) is 1. The van der Waals surface area contributed by atoms with Crippen LogP contribution in [0, 0.1) is 12.7 Å². The van der Waals surface area contributed by atoms with Gasteiger partial charge in [-0.05, 0) is 61.9 Å². The third kappa shape index (κ3) is 4.69. The highest BCUT2D eigenvalue weighted by Gasteiger charge is 2.26. The molecule has 0 saturated heterocycles. The molecule has 0 aromatic heterocycles. The molecule has 0 fully saturated rings. The number of nitrogens with one attached hydrogen (secondary N) is 1. The van der Waals surface area contributed by atoms with E-state index in [-0.39, 0.29) is 17.0 Å². The SMILES string of the molecule is CCN(c1ccccc1)S(=O)(=O)c1ccc(F)c(C(=O)Nc2cc(C)ccc2OC)c1. The summed E-state index contributed by atoms with van der Waals surface area (Å²) in [6.07, 6.45) is 0. The number of benzene rings is 3. The molecule has 31 heavy (non-hydrogen) atoms. The first-order valence-electron chi connectivity index (χ1n) is 9.61. The highest BCUT2D eigenvalue weighted by molar-refractivity contribution is 7.92. The van der Waals surface area contributed by atoms with Gasteiger partial charge in [0.1, 0.15) is 11.6 Å². The number of carbonyl (C=O) groups is 1. The Morgan fingerprint density at radius 2 is 1.77 bits per heavy atom. The van der Waals surface area contributed by atoms with Crippen molar-refractivity contribution in [3.63, 3.8) is 0 Å². The lowest BCUT2D eigenvalue weighted by Gasteiger charge is -2.23. The Kier molecular flexibility index (Phi) is 6.60. The van der Waals surface area contributed by atoms with E-state index >= 15 is 0 Å². The smallest absolute Gasteiger partial charge is 0.264 e. The number of halogens is 1. The summed E-state index contributed by atoms with van der Waals surface area (Å²) in [6.45, 7) is 3.71. The first-order chi connectivity index (χ1) is 14.8. The Hall–Kier alpha value is -3.39. The average Bonchev–Trinajstić information content (AvgIpc) is 2.75. The Bertz CT molecular complexity index is 1200. The third-order valence-corrected chi connectivity index (χ3v) is 6.60. The fraction of sp³-hybridized carbons (Fsp3) is 0.174. The number of aryl methyl sites for hydroxylation is 1. The van der Waals surface area contributed by atoms with Crippen molar-refractivity contribution in [1.29, 1.82) is 0 Å². The van der Waals surface area contributed by atoms with Crippen LogP contribution in [0.1, 0.15) is 22.8 Å². The molecule has 0 bridgehead atoms. The molecular weight excluding hydrogens is 419 g/mol. The topological polar surface area (TPSA) is 75.7 Å². The molecule has 3 aromatic rings. The van der Waals surface area contributed by atoms with E-state index in [4.69, 9.17) is 4.74 Å². The van der Waals surface area contributed by atoms with Gasteiger partial charge in [0.2, 0.25) is 0 Å². The maximum absolute atomic E-state index is 14.5. The number of hydrogen-bond acceptors (Lipinski definition) is 4. The molecule has 0 aliphatic rings. The highest BCUT2D eigenvalue weighted by atomic mass is 32.2. The van der Waals surface area contributed by atoms with E-state index in [0.29, 0.717) is 17.1 Å². The van der Waals surface area contributed by atoms with Gasteiger partial charge in [-0.15, -0.1) is 0 Å². The van der Waals surface area contributed by atoms with Crippen molar-refractivity contribution in [2.45, 2.75) is 18.7 Å². The summed E-state index contributed by atoms with van der Waals surface area (Å²) >= 11 is 0. The summed E-state index contributed by atoms with van der Waals surface area (Å²) in [5, 5.41) is 2.60. The van der Waals surface area contributed by atoms with Crippen LogP contribution in [0.15, 0.2) is 71.6 Å². The van der Waals surface area contributed by atoms with Crippen LogP contribution < -0.4 is 14.4 Å². The number of para-hydroxylation sites is 1. The Labute approximate surface area is 181 Å². The second-order valence-corrected chi connectivity index (χ2v) is 8.67. The summed E-state index contributed by atoms with van der Waals surface area (Å²) in [6, 6.07) is 16.9. The van der Waals surface area contributed by atoms with Crippen molar-refractivity contribution >= 4 is 27.3 Å². The fourth-order valence-electron chi connectivity index (χ4n) is 3.16. The maximum Gasteiger partial charge on any atom is 0.264 e. The molecule has 0 heterocycles. The van der Waals surface area contributed by atoms with E-state index in [1.165, 1.54) is 11.4 Å². The van der Waals surface area contributed by atoms with Gasteiger partial charge in [-0.1, -0.05) is 24.3 Å². The standard InChI is InChI=1S/C23H23FN2O4S/c1-4-26(17-8-6-5-7-9-17)31(28,29)18-11-12-20(24)19(15-18)23(27)25-21-14-16(2)10-13-22(21)30-3/h5-15H,4H2,1-3H3,(H,25,27). The molecule has 0 aliphatic heterocycles. The minimum atomic E-state index is -4.01. The molecule has 1 amide bonds. The second kappa shape index (κ2) is 9.18. The number of nitrogens with zero attached hydrogens (tertiary/aromatic N) is 1. The number of amides is 1. The lowest BCUT2D eigenvalue weighted by molar-refractivity contribution is 0.102. The summed E-state index contributed by atoms with van der Waals surface area (Å²) in [4.78, 5) is 12.6. The molecule has 6 nitrogen and oxygen atoms in total. The molecule has 0 aliphatic carbocycles. The molecule has 0 radical (unpaired) electrons. The predicted octanol–water partition coefficient (Wildman–Crippen LogP) is 4.61. The molecule has 3 aromatic carbocycles. The molecule has 1 N–H and O–H groups in total. The summed E-state index contributed by atoms with van der Waals surface area (Å²) < 4.78 is 47.3. The monoisotopic (exact) mass is 442 g/mol. The highest BCUT2D eigenvalue weighted by Crippen LogP contribution is 2.28. The number of hydrogen-bond donors (Lipinski definition) is 1. The number of carbonyl (C=O) groups excluding carboxylic acids is 1. The first-order valence-corrected chi connectivity index (χ1v) is 11.0. The zero-order valence-electron chi connectivity index (χ0n) is 17.4. The molecule has 3 rings (SSSR count). The fourth-order valence-corrected chi connectivity index (χ4v) is 4.66. The minimum absolute atomic E-state index is 0.172. The van der Waals surface area contributed by atoms with Gasteiger partial charge in [0.05, 0.1) is 28.9 Å². The Morgan fingerprint density at radius 3 is 2.42 bits per heavy atom. The quantitative estimate of drug-likeness (QED) is 0.580. The van der Waals surface area contributed by atoms with Gasteiger partial charge in [0.15, 0.2) is 0 Å². The molecular formula is C23H23FN2O4S. The van der Waals surface area contributed by atoms with E-state index in [1.54, 1.807) is 49.4 Å².